The highest BCUT2D eigenvalue weighted by Crippen LogP contribution is 2.37. The van der Waals surface area contributed by atoms with Crippen molar-refractivity contribution in [1.82, 2.24) is 9.97 Å². The first-order valence-electron chi connectivity index (χ1n) is 8.45. The van der Waals surface area contributed by atoms with Crippen LogP contribution in [0.4, 0.5) is 0 Å². The lowest BCUT2D eigenvalue weighted by Gasteiger charge is -2.09. The zero-order valence-electron chi connectivity index (χ0n) is 14.1. The first-order valence-corrected chi connectivity index (χ1v) is 9.65. The van der Waals surface area contributed by atoms with Crippen molar-refractivity contribution in [2.75, 3.05) is 0 Å². The van der Waals surface area contributed by atoms with Gasteiger partial charge >= 0.3 is 0 Å². The first-order chi connectivity index (χ1) is 13.3. The van der Waals surface area contributed by atoms with Crippen molar-refractivity contribution in [3.63, 3.8) is 0 Å². The second kappa shape index (κ2) is 6.65. The minimum atomic E-state index is 0.519. The fourth-order valence-corrected chi connectivity index (χ4v) is 4.20. The zero-order valence-corrected chi connectivity index (χ0v) is 15.7. The van der Waals surface area contributed by atoms with E-state index < -0.39 is 0 Å². The zero-order chi connectivity index (χ0) is 18.2. The van der Waals surface area contributed by atoms with Gasteiger partial charge in [0.1, 0.15) is 10.8 Å². The number of pyridine rings is 1. The second-order valence-electron chi connectivity index (χ2n) is 6.07. The predicted molar refractivity (Wildman–Crippen MR) is 112 cm³/mol. The highest BCUT2D eigenvalue weighted by atomic mass is 35.5. The van der Waals surface area contributed by atoms with Crippen LogP contribution in [0.5, 0.6) is 11.6 Å². The number of aromatic nitrogens is 2. The number of halogens is 1. The van der Waals surface area contributed by atoms with Crippen molar-refractivity contribution >= 4 is 44.1 Å². The molecule has 0 atom stereocenters. The number of fused-ring (bicyclic) bond motifs is 2. The van der Waals surface area contributed by atoms with Gasteiger partial charge in [-0.05, 0) is 36.4 Å². The molecule has 5 rings (SSSR count). The number of hydrogen-bond acceptors (Lipinski definition) is 4. The molecule has 0 unspecified atom stereocenters. The van der Waals surface area contributed by atoms with Crippen molar-refractivity contribution in [2.45, 2.75) is 0 Å². The minimum absolute atomic E-state index is 0.519. The van der Waals surface area contributed by atoms with Gasteiger partial charge in [0.2, 0.25) is 5.88 Å². The fourth-order valence-electron chi connectivity index (χ4n) is 3.02. The number of nitrogens with zero attached hydrogens (tertiary/aromatic N) is 2. The minimum Gasteiger partial charge on any atom is -0.439 e. The monoisotopic (exact) mass is 388 g/mol. The van der Waals surface area contributed by atoms with E-state index in [1.54, 1.807) is 17.4 Å². The van der Waals surface area contributed by atoms with Gasteiger partial charge in [-0.2, -0.15) is 0 Å². The largest absolute Gasteiger partial charge is 0.439 e. The maximum absolute atomic E-state index is 6.07. The summed E-state index contributed by atoms with van der Waals surface area (Å²) < 4.78 is 7.14. The van der Waals surface area contributed by atoms with E-state index >= 15 is 0 Å². The molecule has 0 bridgehead atoms. The van der Waals surface area contributed by atoms with Gasteiger partial charge in [-0.15, -0.1) is 11.3 Å². The number of benzene rings is 3. The van der Waals surface area contributed by atoms with Crippen molar-refractivity contribution in [1.29, 1.82) is 0 Å². The molecule has 3 aromatic carbocycles. The Morgan fingerprint density at radius 3 is 2.44 bits per heavy atom. The van der Waals surface area contributed by atoms with Gasteiger partial charge < -0.3 is 4.74 Å². The quantitative estimate of drug-likeness (QED) is 0.335. The van der Waals surface area contributed by atoms with Crippen LogP contribution >= 0.6 is 22.9 Å². The van der Waals surface area contributed by atoms with E-state index in [1.165, 1.54) is 0 Å². The van der Waals surface area contributed by atoms with Crippen molar-refractivity contribution in [3.05, 3.63) is 83.9 Å². The molecule has 2 aromatic heterocycles. The number of rotatable bonds is 3. The average Bonchev–Trinajstić information content (AvgIpc) is 3.11. The Labute approximate surface area is 164 Å². The molecule has 0 saturated heterocycles. The maximum atomic E-state index is 6.07. The summed E-state index contributed by atoms with van der Waals surface area (Å²) in [7, 11) is 0. The van der Waals surface area contributed by atoms with Crippen molar-refractivity contribution in [3.8, 4) is 22.2 Å². The molecule has 130 valence electrons. The van der Waals surface area contributed by atoms with E-state index in [1.807, 2.05) is 60.7 Å². The van der Waals surface area contributed by atoms with Crippen LogP contribution in [0.15, 0.2) is 78.9 Å². The summed E-state index contributed by atoms with van der Waals surface area (Å²) in [5, 5.41) is 2.63. The molecule has 0 spiro atoms. The molecule has 0 fully saturated rings. The van der Waals surface area contributed by atoms with Gasteiger partial charge in [0.25, 0.3) is 0 Å². The number of thiazole rings is 1. The van der Waals surface area contributed by atoms with Crippen LogP contribution in [0, 0.1) is 0 Å². The van der Waals surface area contributed by atoms with E-state index in [2.05, 4.69) is 17.1 Å². The number of hydrogen-bond donors (Lipinski definition) is 0. The predicted octanol–water partition coefficient (Wildman–Crippen LogP) is 6.96. The van der Waals surface area contributed by atoms with Gasteiger partial charge in [0.05, 0.1) is 15.7 Å². The molecule has 0 aliphatic carbocycles. The third-order valence-electron chi connectivity index (χ3n) is 4.24. The van der Waals surface area contributed by atoms with E-state index in [0.717, 1.165) is 31.7 Å². The lowest BCUT2D eigenvalue weighted by molar-refractivity contribution is 0.465. The van der Waals surface area contributed by atoms with Gasteiger partial charge in [-0.1, -0.05) is 48.0 Å². The third-order valence-corrected chi connectivity index (χ3v) is 5.54. The SMILES string of the molecule is Clc1cccc(Oc2cc(-c3nc4ccccc4s3)c3ccccc3n2)c1. The van der Waals surface area contributed by atoms with Gasteiger partial charge in [-0.25, -0.2) is 9.97 Å². The lowest BCUT2D eigenvalue weighted by Crippen LogP contribution is -1.91. The van der Waals surface area contributed by atoms with Crippen LogP contribution in [-0.2, 0) is 0 Å². The summed E-state index contributed by atoms with van der Waals surface area (Å²) in [6, 6.07) is 25.4. The average molecular weight is 389 g/mol. The Kier molecular flexibility index (Phi) is 4.00. The standard InChI is InChI=1S/C22H13ClN2OS/c23-14-6-5-7-15(12-14)26-21-13-17(16-8-1-2-9-18(16)24-21)22-25-19-10-3-4-11-20(19)27-22/h1-13H. The summed E-state index contributed by atoms with van der Waals surface area (Å²) in [5.41, 5.74) is 2.88. The van der Waals surface area contributed by atoms with Crippen LogP contribution < -0.4 is 4.74 Å². The number of ether oxygens (including phenoxy) is 1. The van der Waals surface area contributed by atoms with E-state index in [0.29, 0.717) is 16.7 Å². The molecule has 27 heavy (non-hydrogen) atoms. The smallest absolute Gasteiger partial charge is 0.220 e. The molecule has 3 nitrogen and oxygen atoms in total. The van der Waals surface area contributed by atoms with Crippen molar-refractivity contribution in [2.24, 2.45) is 0 Å². The Hall–Kier alpha value is -2.95. The highest BCUT2D eigenvalue weighted by Gasteiger charge is 2.13. The topological polar surface area (TPSA) is 35.0 Å². The van der Waals surface area contributed by atoms with E-state index in [4.69, 9.17) is 21.3 Å². The van der Waals surface area contributed by atoms with Crippen LogP contribution in [-0.4, -0.2) is 9.97 Å². The lowest BCUT2D eigenvalue weighted by atomic mass is 10.1. The molecule has 0 radical (unpaired) electrons. The Morgan fingerprint density at radius 2 is 1.59 bits per heavy atom. The molecule has 5 aromatic rings. The molecular weight excluding hydrogens is 376 g/mol. The van der Waals surface area contributed by atoms with Gasteiger partial charge in [0, 0.05) is 22.0 Å². The fraction of sp³-hybridized carbons (Fsp3) is 0. The highest BCUT2D eigenvalue weighted by molar-refractivity contribution is 7.21. The number of para-hydroxylation sites is 2. The van der Waals surface area contributed by atoms with Crippen LogP contribution in [0.25, 0.3) is 31.7 Å². The maximum Gasteiger partial charge on any atom is 0.220 e. The van der Waals surface area contributed by atoms with Crippen molar-refractivity contribution < 1.29 is 4.74 Å². The molecule has 0 saturated carbocycles. The summed E-state index contributed by atoms with van der Waals surface area (Å²) >= 11 is 7.74. The molecule has 2 heterocycles. The van der Waals surface area contributed by atoms with Crippen LogP contribution in [0.2, 0.25) is 5.02 Å². The third kappa shape index (κ3) is 3.14. The van der Waals surface area contributed by atoms with Crippen LogP contribution in [0.1, 0.15) is 0 Å². The Bertz CT molecular complexity index is 1250. The molecule has 0 amide bonds. The molecule has 0 aliphatic heterocycles. The molecular formula is C22H13ClN2OS. The molecule has 0 aliphatic rings. The van der Waals surface area contributed by atoms with E-state index in [9.17, 15) is 0 Å². The summed E-state index contributed by atoms with van der Waals surface area (Å²) in [6.07, 6.45) is 0. The first kappa shape index (κ1) is 16.2. The van der Waals surface area contributed by atoms with E-state index in [-0.39, 0.29) is 0 Å². The normalized spacial score (nSPS) is 11.1. The summed E-state index contributed by atoms with van der Waals surface area (Å²) in [4.78, 5) is 9.46. The second-order valence-corrected chi connectivity index (χ2v) is 7.54. The van der Waals surface area contributed by atoms with Crippen LogP contribution in [0.3, 0.4) is 0 Å². The van der Waals surface area contributed by atoms with Gasteiger partial charge in [0.15, 0.2) is 0 Å². The Balaban J connectivity index is 1.68. The summed E-state index contributed by atoms with van der Waals surface area (Å²) in [5.74, 6) is 1.17. The molecule has 0 N–H and O–H groups in total. The van der Waals surface area contributed by atoms with Gasteiger partial charge in [-0.3, -0.25) is 0 Å². The molecule has 5 heteroatoms. The summed E-state index contributed by atoms with van der Waals surface area (Å²) in [6.45, 7) is 0. The Morgan fingerprint density at radius 1 is 0.778 bits per heavy atom.